The van der Waals surface area contributed by atoms with Gasteiger partial charge < -0.3 is 10.2 Å². The lowest BCUT2D eigenvalue weighted by Crippen LogP contribution is -2.64. The predicted octanol–water partition coefficient (Wildman–Crippen LogP) is 0.769. The van der Waals surface area contributed by atoms with Gasteiger partial charge in [0.2, 0.25) is 11.8 Å². The molecule has 1 saturated heterocycles. The van der Waals surface area contributed by atoms with Crippen LogP contribution in [-0.4, -0.2) is 35.3 Å². The third kappa shape index (κ3) is 2.94. The molecule has 4 heteroatoms. The van der Waals surface area contributed by atoms with Crippen LogP contribution >= 0.6 is 0 Å². The number of hydrogen-bond donors (Lipinski definition) is 1. The van der Waals surface area contributed by atoms with E-state index in [1.807, 2.05) is 0 Å². The second kappa shape index (κ2) is 3.51. The van der Waals surface area contributed by atoms with Gasteiger partial charge in [0.05, 0.1) is 6.54 Å². The van der Waals surface area contributed by atoms with Crippen molar-refractivity contribution in [2.24, 2.45) is 5.41 Å². The van der Waals surface area contributed by atoms with E-state index in [0.29, 0.717) is 6.54 Å². The summed E-state index contributed by atoms with van der Waals surface area (Å²) in [6.07, 6.45) is 0. The Bertz CT molecular complexity index is 289. The summed E-state index contributed by atoms with van der Waals surface area (Å²) in [5.41, 5.74) is -0.746. The normalized spacial score (nSPS) is 21.5. The first-order valence-corrected chi connectivity index (χ1v) is 5.22. The van der Waals surface area contributed by atoms with Crippen molar-refractivity contribution in [2.45, 2.75) is 40.2 Å². The largest absolute Gasteiger partial charge is 0.341 e. The molecule has 0 spiro atoms. The van der Waals surface area contributed by atoms with Crippen molar-refractivity contribution >= 4 is 11.8 Å². The second-order valence-electron chi connectivity index (χ2n) is 5.90. The van der Waals surface area contributed by atoms with Gasteiger partial charge in [0.25, 0.3) is 0 Å². The number of rotatable bonds is 1. The highest BCUT2D eigenvalue weighted by atomic mass is 16.2. The zero-order chi connectivity index (χ0) is 11.9. The Morgan fingerprint density at radius 2 is 1.87 bits per heavy atom. The zero-order valence-electron chi connectivity index (χ0n) is 10.2. The first kappa shape index (κ1) is 12.0. The summed E-state index contributed by atoms with van der Waals surface area (Å²) < 4.78 is 0. The fraction of sp³-hybridized carbons (Fsp3) is 0.818. The number of amides is 2. The Hall–Kier alpha value is -1.06. The van der Waals surface area contributed by atoms with Gasteiger partial charge in [-0.05, 0) is 19.3 Å². The molecule has 1 N–H and O–H groups in total. The molecule has 1 rings (SSSR count). The van der Waals surface area contributed by atoms with Gasteiger partial charge in [0.1, 0.15) is 5.54 Å². The Labute approximate surface area is 91.0 Å². The maximum Gasteiger partial charge on any atom is 0.248 e. The van der Waals surface area contributed by atoms with Crippen molar-refractivity contribution in [3.63, 3.8) is 0 Å². The van der Waals surface area contributed by atoms with Crippen molar-refractivity contribution in [1.29, 1.82) is 0 Å². The molecule has 0 radical (unpaired) electrons. The molecule has 1 fully saturated rings. The molecule has 4 nitrogen and oxygen atoms in total. The van der Waals surface area contributed by atoms with Gasteiger partial charge in [-0.3, -0.25) is 9.59 Å². The summed E-state index contributed by atoms with van der Waals surface area (Å²) in [5, 5.41) is 2.69. The van der Waals surface area contributed by atoms with Crippen LogP contribution in [0.25, 0.3) is 0 Å². The minimum atomic E-state index is -0.763. The van der Waals surface area contributed by atoms with Crippen molar-refractivity contribution in [3.05, 3.63) is 0 Å². The topological polar surface area (TPSA) is 49.4 Å². The molecule has 0 aromatic heterocycles. The number of piperazine rings is 1. The Kier molecular flexibility index (Phi) is 2.81. The molecule has 0 saturated carbocycles. The van der Waals surface area contributed by atoms with Crippen LogP contribution in [0.3, 0.4) is 0 Å². The monoisotopic (exact) mass is 212 g/mol. The number of carbonyl (C=O) groups excluding carboxylic acids is 2. The van der Waals surface area contributed by atoms with E-state index in [4.69, 9.17) is 0 Å². The molecule has 15 heavy (non-hydrogen) atoms. The predicted molar refractivity (Wildman–Crippen MR) is 58.3 cm³/mol. The Morgan fingerprint density at radius 1 is 1.33 bits per heavy atom. The fourth-order valence-electron chi connectivity index (χ4n) is 1.78. The SMILES string of the molecule is CC(C)(C)CN1CC(=O)NC(C)(C)C1=O. The number of nitrogens with one attached hydrogen (secondary N) is 1. The van der Waals surface area contributed by atoms with Crippen LogP contribution in [0.4, 0.5) is 0 Å². The Morgan fingerprint density at radius 3 is 2.33 bits per heavy atom. The van der Waals surface area contributed by atoms with Crippen LogP contribution in [0.5, 0.6) is 0 Å². The highest BCUT2D eigenvalue weighted by molar-refractivity contribution is 5.97. The molecule has 0 atom stereocenters. The molecule has 1 heterocycles. The van der Waals surface area contributed by atoms with Crippen molar-refractivity contribution in [1.82, 2.24) is 10.2 Å². The van der Waals surface area contributed by atoms with E-state index in [1.54, 1.807) is 18.7 Å². The van der Waals surface area contributed by atoms with Crippen LogP contribution in [0.1, 0.15) is 34.6 Å². The smallest absolute Gasteiger partial charge is 0.248 e. The van der Waals surface area contributed by atoms with E-state index in [0.717, 1.165) is 0 Å². The summed E-state index contributed by atoms with van der Waals surface area (Å²) in [4.78, 5) is 25.0. The lowest BCUT2D eigenvalue weighted by molar-refractivity contribution is -0.149. The average Bonchev–Trinajstić information content (AvgIpc) is 1.95. The van der Waals surface area contributed by atoms with Crippen molar-refractivity contribution in [3.8, 4) is 0 Å². The first-order valence-electron chi connectivity index (χ1n) is 5.22. The fourth-order valence-corrected chi connectivity index (χ4v) is 1.78. The van der Waals surface area contributed by atoms with Crippen molar-refractivity contribution in [2.75, 3.05) is 13.1 Å². The Balaban J connectivity index is 2.81. The van der Waals surface area contributed by atoms with Gasteiger partial charge in [-0.1, -0.05) is 20.8 Å². The second-order valence-corrected chi connectivity index (χ2v) is 5.90. The van der Waals surface area contributed by atoms with E-state index in [-0.39, 0.29) is 23.8 Å². The molecule has 1 aliphatic heterocycles. The first-order chi connectivity index (χ1) is 6.62. The summed E-state index contributed by atoms with van der Waals surface area (Å²) in [5.74, 6) is -0.0825. The molecule has 0 aromatic rings. The van der Waals surface area contributed by atoms with E-state index >= 15 is 0 Å². The average molecular weight is 212 g/mol. The molecule has 1 aliphatic rings. The summed E-state index contributed by atoms with van der Waals surface area (Å²) in [7, 11) is 0. The lowest BCUT2D eigenvalue weighted by atomic mass is 9.93. The molecular formula is C11H20N2O2. The van der Waals surface area contributed by atoms with Gasteiger partial charge in [0.15, 0.2) is 0 Å². The van der Waals surface area contributed by atoms with Crippen LogP contribution in [0, 0.1) is 5.41 Å². The maximum absolute atomic E-state index is 12.0. The van der Waals surface area contributed by atoms with Crippen LogP contribution in [0.15, 0.2) is 0 Å². The summed E-state index contributed by atoms with van der Waals surface area (Å²) >= 11 is 0. The molecule has 2 amide bonds. The quantitative estimate of drug-likeness (QED) is 0.698. The number of hydrogen-bond acceptors (Lipinski definition) is 2. The van der Waals surface area contributed by atoms with Crippen LogP contribution in [-0.2, 0) is 9.59 Å². The molecule has 0 aliphatic carbocycles. The summed E-state index contributed by atoms with van der Waals surface area (Å²) in [6.45, 7) is 10.4. The van der Waals surface area contributed by atoms with Gasteiger partial charge in [0, 0.05) is 6.54 Å². The lowest BCUT2D eigenvalue weighted by Gasteiger charge is -2.40. The molecule has 0 bridgehead atoms. The molecule has 0 unspecified atom stereocenters. The number of carbonyl (C=O) groups is 2. The molecule has 0 aromatic carbocycles. The van der Waals surface area contributed by atoms with Gasteiger partial charge >= 0.3 is 0 Å². The van der Waals surface area contributed by atoms with E-state index < -0.39 is 5.54 Å². The van der Waals surface area contributed by atoms with E-state index in [1.165, 1.54) is 0 Å². The third-order valence-corrected chi connectivity index (χ3v) is 2.27. The molecule has 86 valence electrons. The maximum atomic E-state index is 12.0. The zero-order valence-corrected chi connectivity index (χ0v) is 10.2. The highest BCUT2D eigenvalue weighted by Crippen LogP contribution is 2.20. The highest BCUT2D eigenvalue weighted by Gasteiger charge is 2.39. The van der Waals surface area contributed by atoms with Crippen molar-refractivity contribution < 1.29 is 9.59 Å². The minimum absolute atomic E-state index is 0.00275. The molecular weight excluding hydrogens is 192 g/mol. The standard InChI is InChI=1S/C11H20N2O2/c1-10(2,3)7-13-6-8(14)12-11(4,5)9(13)15/h6-7H2,1-5H3,(H,12,14). The van der Waals surface area contributed by atoms with E-state index in [9.17, 15) is 9.59 Å². The van der Waals surface area contributed by atoms with Crippen LogP contribution in [0.2, 0.25) is 0 Å². The van der Waals surface area contributed by atoms with Crippen LogP contribution < -0.4 is 5.32 Å². The third-order valence-electron chi connectivity index (χ3n) is 2.27. The minimum Gasteiger partial charge on any atom is -0.341 e. The van der Waals surface area contributed by atoms with Gasteiger partial charge in [-0.25, -0.2) is 0 Å². The number of nitrogens with zero attached hydrogens (tertiary/aromatic N) is 1. The van der Waals surface area contributed by atoms with E-state index in [2.05, 4.69) is 26.1 Å². The van der Waals surface area contributed by atoms with Gasteiger partial charge in [-0.2, -0.15) is 0 Å². The van der Waals surface area contributed by atoms with Gasteiger partial charge in [-0.15, -0.1) is 0 Å². The summed E-state index contributed by atoms with van der Waals surface area (Å²) in [6, 6.07) is 0.